The molecule has 2 fully saturated rings. The summed E-state index contributed by atoms with van der Waals surface area (Å²) in [4.78, 5) is 0. The number of hydrogen-bond donors (Lipinski definition) is 3. The van der Waals surface area contributed by atoms with Crippen molar-refractivity contribution in [2.45, 2.75) is 50.6 Å². The van der Waals surface area contributed by atoms with Crippen molar-refractivity contribution in [1.82, 2.24) is 16.4 Å². The van der Waals surface area contributed by atoms with Gasteiger partial charge in [-0.2, -0.15) is 5.53 Å². The van der Waals surface area contributed by atoms with Gasteiger partial charge in [0.25, 0.3) is 0 Å². The average molecular weight is 155 g/mol. The fourth-order valence-corrected chi connectivity index (χ4v) is 2.06. The van der Waals surface area contributed by atoms with Gasteiger partial charge in [-0.25, -0.2) is 10.9 Å². The minimum absolute atomic E-state index is 0.676. The van der Waals surface area contributed by atoms with Crippen LogP contribution >= 0.6 is 0 Å². The number of rotatable bonds is 0. The van der Waals surface area contributed by atoms with Crippen molar-refractivity contribution < 1.29 is 0 Å². The molecule has 0 amide bonds. The van der Waals surface area contributed by atoms with Gasteiger partial charge in [0.05, 0.1) is 0 Å². The molecule has 0 radical (unpaired) electrons. The zero-order chi connectivity index (χ0) is 7.52. The first-order valence-corrected chi connectivity index (χ1v) is 4.73. The monoisotopic (exact) mass is 155 g/mol. The molecule has 2 unspecified atom stereocenters. The van der Waals surface area contributed by atoms with E-state index in [2.05, 4.69) is 16.4 Å². The summed E-state index contributed by atoms with van der Waals surface area (Å²) >= 11 is 0. The van der Waals surface area contributed by atoms with Crippen LogP contribution in [-0.4, -0.2) is 12.1 Å². The van der Waals surface area contributed by atoms with Crippen LogP contribution in [0.15, 0.2) is 0 Å². The Bertz CT molecular complexity index is 113. The first-order chi connectivity index (χ1) is 5.47. The zero-order valence-corrected chi connectivity index (χ0v) is 6.90. The largest absolute Gasteiger partial charge is 0.240 e. The number of nitrogens with one attached hydrogen (secondary N) is 3. The van der Waals surface area contributed by atoms with Crippen LogP contribution in [0.25, 0.3) is 0 Å². The molecule has 3 nitrogen and oxygen atoms in total. The van der Waals surface area contributed by atoms with Crippen LogP contribution in [0.1, 0.15) is 38.5 Å². The molecule has 3 heteroatoms. The summed E-state index contributed by atoms with van der Waals surface area (Å²) in [6.45, 7) is 0. The van der Waals surface area contributed by atoms with Crippen molar-refractivity contribution in [3.63, 3.8) is 0 Å². The Morgan fingerprint density at radius 2 is 1.27 bits per heavy atom. The molecule has 1 heterocycles. The normalized spacial score (nSPS) is 39.3. The lowest BCUT2D eigenvalue weighted by Crippen LogP contribution is -2.34. The van der Waals surface area contributed by atoms with E-state index >= 15 is 0 Å². The molecule has 1 aliphatic heterocycles. The number of hydrazine groups is 2. The van der Waals surface area contributed by atoms with Gasteiger partial charge in [-0.1, -0.05) is 25.7 Å². The Kier molecular flexibility index (Phi) is 2.41. The fraction of sp³-hybridized carbons (Fsp3) is 1.00. The van der Waals surface area contributed by atoms with Gasteiger partial charge in [0.15, 0.2) is 0 Å². The Morgan fingerprint density at radius 1 is 0.727 bits per heavy atom. The molecule has 0 aromatic rings. The second-order valence-corrected chi connectivity index (χ2v) is 3.62. The predicted octanol–water partition coefficient (Wildman–Crippen LogP) is 0.690. The van der Waals surface area contributed by atoms with E-state index in [1.54, 1.807) is 0 Å². The highest BCUT2D eigenvalue weighted by Crippen LogP contribution is 2.18. The van der Waals surface area contributed by atoms with Crippen molar-refractivity contribution in [2.75, 3.05) is 0 Å². The van der Waals surface area contributed by atoms with E-state index in [0.29, 0.717) is 12.1 Å². The van der Waals surface area contributed by atoms with Gasteiger partial charge >= 0.3 is 0 Å². The molecular weight excluding hydrogens is 138 g/mol. The predicted molar refractivity (Wildman–Crippen MR) is 44.7 cm³/mol. The molecule has 0 bridgehead atoms. The van der Waals surface area contributed by atoms with Gasteiger partial charge in [-0.3, -0.25) is 0 Å². The van der Waals surface area contributed by atoms with E-state index in [0.717, 1.165) is 0 Å². The van der Waals surface area contributed by atoms with Crippen molar-refractivity contribution in [2.24, 2.45) is 0 Å². The van der Waals surface area contributed by atoms with Crippen LogP contribution in [0, 0.1) is 0 Å². The highest BCUT2D eigenvalue weighted by Gasteiger charge is 2.26. The Morgan fingerprint density at radius 3 is 1.82 bits per heavy atom. The second kappa shape index (κ2) is 3.52. The van der Waals surface area contributed by atoms with E-state index in [1.165, 1.54) is 38.5 Å². The summed E-state index contributed by atoms with van der Waals surface area (Å²) in [6, 6.07) is 1.35. The van der Waals surface area contributed by atoms with E-state index < -0.39 is 0 Å². The average Bonchev–Trinajstić information content (AvgIpc) is 2.35. The number of fused-ring (bicyclic) bond motifs is 1. The molecule has 2 rings (SSSR count). The lowest BCUT2D eigenvalue weighted by molar-refractivity contribution is 0.393. The molecule has 2 aliphatic rings. The summed E-state index contributed by atoms with van der Waals surface area (Å²) in [7, 11) is 0. The van der Waals surface area contributed by atoms with Crippen LogP contribution in [0.2, 0.25) is 0 Å². The quantitative estimate of drug-likeness (QED) is 0.481. The highest BCUT2D eigenvalue weighted by molar-refractivity contribution is 4.84. The minimum atomic E-state index is 0.676. The lowest BCUT2D eigenvalue weighted by atomic mass is 9.94. The standard InChI is InChI=1S/C8H17N3/c1-2-4-6-8-7(5-3-1)9-11-10-8/h7-11H,1-6H2. The number of hydrogen-bond acceptors (Lipinski definition) is 3. The summed E-state index contributed by atoms with van der Waals surface area (Å²) in [5, 5.41) is 0. The van der Waals surface area contributed by atoms with Crippen LogP contribution in [-0.2, 0) is 0 Å². The van der Waals surface area contributed by atoms with Gasteiger partial charge in [-0.05, 0) is 12.8 Å². The second-order valence-electron chi connectivity index (χ2n) is 3.62. The first kappa shape index (κ1) is 7.53. The van der Waals surface area contributed by atoms with E-state index in [-0.39, 0.29) is 0 Å². The van der Waals surface area contributed by atoms with Gasteiger partial charge in [0, 0.05) is 12.1 Å². The molecule has 11 heavy (non-hydrogen) atoms. The molecule has 0 aromatic heterocycles. The molecule has 0 spiro atoms. The molecule has 1 aliphatic carbocycles. The summed E-state index contributed by atoms with van der Waals surface area (Å²) in [6.07, 6.45) is 8.26. The topological polar surface area (TPSA) is 36.1 Å². The summed E-state index contributed by atoms with van der Waals surface area (Å²) < 4.78 is 0. The van der Waals surface area contributed by atoms with E-state index in [4.69, 9.17) is 0 Å². The zero-order valence-electron chi connectivity index (χ0n) is 6.90. The maximum atomic E-state index is 3.27. The summed E-state index contributed by atoms with van der Waals surface area (Å²) in [5.74, 6) is 0. The molecule has 2 atom stereocenters. The maximum Gasteiger partial charge on any atom is 0.0393 e. The third-order valence-electron chi connectivity index (χ3n) is 2.78. The summed E-state index contributed by atoms with van der Waals surface area (Å²) in [5.41, 5.74) is 9.55. The van der Waals surface area contributed by atoms with Crippen LogP contribution < -0.4 is 16.4 Å². The molecule has 1 saturated heterocycles. The molecule has 3 N–H and O–H groups in total. The van der Waals surface area contributed by atoms with Crippen molar-refractivity contribution in [3.05, 3.63) is 0 Å². The van der Waals surface area contributed by atoms with E-state index in [1.807, 2.05) is 0 Å². The lowest BCUT2D eigenvalue weighted by Gasteiger charge is -2.20. The molecular formula is C8H17N3. The van der Waals surface area contributed by atoms with Crippen LogP contribution in [0.3, 0.4) is 0 Å². The smallest absolute Gasteiger partial charge is 0.0393 e. The molecule has 64 valence electrons. The third kappa shape index (κ3) is 1.72. The van der Waals surface area contributed by atoms with Crippen LogP contribution in [0.4, 0.5) is 0 Å². The van der Waals surface area contributed by atoms with Gasteiger partial charge < -0.3 is 0 Å². The first-order valence-electron chi connectivity index (χ1n) is 4.73. The van der Waals surface area contributed by atoms with Crippen molar-refractivity contribution in [1.29, 1.82) is 0 Å². The van der Waals surface area contributed by atoms with Gasteiger partial charge in [0.1, 0.15) is 0 Å². The van der Waals surface area contributed by atoms with Gasteiger partial charge in [0.2, 0.25) is 0 Å². The van der Waals surface area contributed by atoms with Crippen molar-refractivity contribution in [3.8, 4) is 0 Å². The SMILES string of the molecule is C1CCCC2NNNC2CC1. The molecule has 1 saturated carbocycles. The fourth-order valence-electron chi connectivity index (χ4n) is 2.06. The molecule has 0 aromatic carbocycles. The van der Waals surface area contributed by atoms with Crippen LogP contribution in [0.5, 0.6) is 0 Å². The minimum Gasteiger partial charge on any atom is -0.240 e. The highest BCUT2D eigenvalue weighted by atomic mass is 15.7. The third-order valence-corrected chi connectivity index (χ3v) is 2.78. The Balaban J connectivity index is 1.89. The Labute approximate surface area is 67.9 Å². The van der Waals surface area contributed by atoms with Crippen molar-refractivity contribution >= 4 is 0 Å². The van der Waals surface area contributed by atoms with Gasteiger partial charge in [-0.15, -0.1) is 0 Å². The Hall–Kier alpha value is -0.120. The maximum absolute atomic E-state index is 3.27. The van der Waals surface area contributed by atoms with E-state index in [9.17, 15) is 0 Å².